The number of hydrogen-bond acceptors (Lipinski definition) is 17. The lowest BCUT2D eigenvalue weighted by Gasteiger charge is -2.36. The van der Waals surface area contributed by atoms with Gasteiger partial charge in [0.25, 0.3) is 0 Å². The van der Waals surface area contributed by atoms with Gasteiger partial charge in [0, 0.05) is 6.66 Å². The van der Waals surface area contributed by atoms with Gasteiger partial charge in [0.15, 0.2) is 29.6 Å². The van der Waals surface area contributed by atoms with E-state index in [1.807, 2.05) is 6.92 Å². The fourth-order valence-corrected chi connectivity index (χ4v) is 9.51. The molecule has 5 saturated heterocycles. The highest BCUT2D eigenvalue weighted by atomic mass is 32.5. The second-order valence-electron chi connectivity index (χ2n) is 11.9. The first-order valence-corrected chi connectivity index (χ1v) is 18.8. The molecular weight excluding hydrogens is 668 g/mol. The normalized spacial score (nSPS) is 42.2. The van der Waals surface area contributed by atoms with Crippen molar-refractivity contribution in [1.29, 1.82) is 0 Å². The highest BCUT2D eigenvalue weighted by Crippen LogP contribution is 2.61. The molecule has 4 bridgehead atoms. The van der Waals surface area contributed by atoms with Crippen LogP contribution in [-0.4, -0.2) is 113 Å². The molecule has 244 valence electrons. The van der Waals surface area contributed by atoms with E-state index in [9.17, 15) is 9.46 Å². The van der Waals surface area contributed by atoms with E-state index in [1.165, 1.54) is 25.6 Å². The van der Waals surface area contributed by atoms with Crippen LogP contribution in [0.1, 0.15) is 18.1 Å². The molecule has 0 spiro atoms. The zero-order valence-electron chi connectivity index (χ0n) is 24.2. The van der Waals surface area contributed by atoms with Crippen LogP contribution in [0.5, 0.6) is 0 Å². The third-order valence-corrected chi connectivity index (χ3v) is 11.7. The summed E-state index contributed by atoms with van der Waals surface area (Å²) in [5.74, 6) is 0.192. The molecule has 4 aromatic heterocycles. The molecule has 5 fully saturated rings. The van der Waals surface area contributed by atoms with Crippen molar-refractivity contribution in [2.75, 3.05) is 38.8 Å². The van der Waals surface area contributed by atoms with Gasteiger partial charge in [-0.1, -0.05) is 0 Å². The highest BCUT2D eigenvalue weighted by molar-refractivity contribution is 8.07. The maximum Gasteiger partial charge on any atom is 0.328 e. The first-order valence-electron chi connectivity index (χ1n) is 14.2. The van der Waals surface area contributed by atoms with Crippen LogP contribution in [0.15, 0.2) is 25.3 Å². The molecule has 5 aliphatic heterocycles. The predicted molar refractivity (Wildman–Crippen MR) is 157 cm³/mol. The number of nitrogen functional groups attached to an aromatic ring is 1. The molecule has 3 N–H and O–H groups in total. The quantitative estimate of drug-likeness (QED) is 0.276. The Morgan fingerprint density at radius 3 is 2.09 bits per heavy atom. The molecule has 0 amide bonds. The Hall–Kier alpha value is -2.58. The summed E-state index contributed by atoms with van der Waals surface area (Å²) in [5.41, 5.74) is 5.85. The number of rotatable bonds is 2. The Labute approximate surface area is 264 Å². The summed E-state index contributed by atoms with van der Waals surface area (Å²) in [6.07, 6.45) is 0.624. The maximum absolute atomic E-state index is 14.0. The molecular formula is C24H27N9O10P2S. The fraction of sp³-hybridized carbons (Fsp3) is 0.583. The van der Waals surface area contributed by atoms with Gasteiger partial charge in [-0.2, -0.15) is 0 Å². The van der Waals surface area contributed by atoms with E-state index in [2.05, 4.69) is 29.9 Å². The smallest absolute Gasteiger partial charge is 0.328 e. The van der Waals surface area contributed by atoms with Crippen molar-refractivity contribution in [2.45, 2.75) is 55.0 Å². The minimum atomic E-state index is -4.00. The minimum Gasteiger partial charge on any atom is -0.382 e. The Balaban J connectivity index is 1.05. The first kappa shape index (κ1) is 29.6. The molecule has 4 aromatic rings. The number of nitrogens with zero attached hydrogens (tertiary/aromatic N) is 8. The molecule has 46 heavy (non-hydrogen) atoms. The van der Waals surface area contributed by atoms with Crippen molar-refractivity contribution < 1.29 is 46.5 Å². The Kier molecular flexibility index (Phi) is 6.41. The van der Waals surface area contributed by atoms with Crippen molar-refractivity contribution in [3.05, 3.63) is 31.0 Å². The van der Waals surface area contributed by atoms with Crippen LogP contribution in [0.3, 0.4) is 0 Å². The lowest BCUT2D eigenvalue weighted by Crippen LogP contribution is -2.48. The van der Waals surface area contributed by atoms with Gasteiger partial charge >= 0.3 is 14.3 Å². The summed E-state index contributed by atoms with van der Waals surface area (Å²) < 4.78 is 66.9. The van der Waals surface area contributed by atoms with Crippen molar-refractivity contribution in [3.63, 3.8) is 0 Å². The Morgan fingerprint density at radius 2 is 1.41 bits per heavy atom. The lowest BCUT2D eigenvalue weighted by molar-refractivity contribution is -0.187. The number of aryl methyl sites for hydroxylation is 1. The number of ether oxygens (including phenoxy) is 4. The van der Waals surface area contributed by atoms with Crippen LogP contribution in [0.2, 0.25) is 0 Å². The van der Waals surface area contributed by atoms with Gasteiger partial charge in [-0.25, -0.2) is 29.9 Å². The second kappa shape index (κ2) is 9.97. The molecule has 5 aliphatic rings. The van der Waals surface area contributed by atoms with Crippen LogP contribution < -0.4 is 5.73 Å². The number of hydrogen-bond donors (Lipinski definition) is 2. The molecule has 22 heteroatoms. The van der Waals surface area contributed by atoms with Gasteiger partial charge in [0.05, 0.1) is 44.8 Å². The number of nitrogens with two attached hydrogens (primary N) is 1. The number of imidazole rings is 2. The van der Waals surface area contributed by atoms with E-state index in [-0.39, 0.29) is 32.2 Å². The SMILES string of the molecule is Cc1ncnc2c1ncn2[C@@H]1O[C@@]23CO[C@@H]1[C@@H]2O[P@@](C)(=O)OC[C@@]12CO[C@@H]([C@H](n4cnc5c(N)ncnc54)O1)[C@@H]2OP(O)(=S)OC3. The second-order valence-corrected chi connectivity index (χ2v) is 16.7. The summed E-state index contributed by atoms with van der Waals surface area (Å²) in [7, 11) is -3.84. The number of fused-ring (bicyclic) bond motifs is 2. The zero-order valence-corrected chi connectivity index (χ0v) is 26.8. The predicted octanol–water partition coefficient (Wildman–Crippen LogP) is 0.747. The third-order valence-electron chi connectivity index (χ3n) is 8.99. The van der Waals surface area contributed by atoms with E-state index >= 15 is 0 Å². The van der Waals surface area contributed by atoms with Gasteiger partial charge in [-0.3, -0.25) is 22.7 Å². The monoisotopic (exact) mass is 695 g/mol. The minimum absolute atomic E-state index is 0.00219. The summed E-state index contributed by atoms with van der Waals surface area (Å²) in [4.78, 5) is 37.0. The van der Waals surface area contributed by atoms with Crippen molar-refractivity contribution in [3.8, 4) is 0 Å². The number of anilines is 1. The summed E-state index contributed by atoms with van der Waals surface area (Å²) in [5, 5.41) is 0. The van der Waals surface area contributed by atoms with Gasteiger partial charge < -0.3 is 38.6 Å². The number of aromatic nitrogens is 8. The highest BCUT2D eigenvalue weighted by Gasteiger charge is 2.68. The molecule has 19 nitrogen and oxygen atoms in total. The molecule has 0 radical (unpaired) electrons. The summed E-state index contributed by atoms with van der Waals surface area (Å²) in [6.45, 7) is -1.45. The lowest BCUT2D eigenvalue weighted by atomic mass is 10.0. The van der Waals surface area contributed by atoms with E-state index in [1.54, 1.807) is 15.5 Å². The molecule has 0 aliphatic carbocycles. The van der Waals surface area contributed by atoms with E-state index in [0.717, 1.165) is 0 Å². The van der Waals surface area contributed by atoms with Gasteiger partial charge in [-0.15, -0.1) is 0 Å². The van der Waals surface area contributed by atoms with Gasteiger partial charge in [0.2, 0.25) is 0 Å². The van der Waals surface area contributed by atoms with Gasteiger partial charge in [-0.05, 0) is 18.7 Å². The Bertz CT molecular complexity index is 1860. The molecule has 9 heterocycles. The average Bonchev–Trinajstić information content (AvgIpc) is 3.86. The van der Waals surface area contributed by atoms with Crippen LogP contribution in [0.4, 0.5) is 5.82 Å². The maximum atomic E-state index is 14.0. The molecule has 0 saturated carbocycles. The Morgan fingerprint density at radius 1 is 0.848 bits per heavy atom. The summed E-state index contributed by atoms with van der Waals surface area (Å²) >= 11 is 5.50. The zero-order chi connectivity index (χ0) is 31.6. The fourth-order valence-electron chi connectivity index (χ4n) is 6.79. The van der Waals surface area contributed by atoms with E-state index < -0.39 is 62.4 Å². The van der Waals surface area contributed by atoms with Crippen LogP contribution >= 0.6 is 14.3 Å². The summed E-state index contributed by atoms with van der Waals surface area (Å²) in [6, 6.07) is 0. The van der Waals surface area contributed by atoms with Crippen molar-refractivity contribution in [2.24, 2.45) is 0 Å². The average molecular weight is 696 g/mol. The van der Waals surface area contributed by atoms with Crippen LogP contribution in [0, 0.1) is 6.92 Å². The van der Waals surface area contributed by atoms with E-state index in [4.69, 9.17) is 54.6 Å². The van der Waals surface area contributed by atoms with E-state index in [0.29, 0.717) is 28.0 Å². The molecule has 1 unspecified atom stereocenters. The standard InChI is InChI=1S/C24H27N9O10P2S/c1-11-12-19(28-7-26-11)32(9-30-12)21-14-16-24(41-21,4-36-14)6-39-45(35,46)43-17-15-22(33-10-31-13-18(25)27-8-29-20(13)33)40-23(17,3-37-15)5-38-44(2,34)42-16/h7-10,14-17,21-22H,3-6H2,1-2H3,(H,35,46)(H2,25,27,29)/t14-,15-,16+,17+,21-,22-,23-,24-,44+,45?/m1/s1. The largest absolute Gasteiger partial charge is 0.382 e. The van der Waals surface area contributed by atoms with Crippen molar-refractivity contribution in [1.82, 2.24) is 39.0 Å². The third kappa shape index (κ3) is 4.30. The van der Waals surface area contributed by atoms with Crippen molar-refractivity contribution >= 4 is 54.3 Å². The molecule has 9 rings (SSSR count). The van der Waals surface area contributed by atoms with Gasteiger partial charge in [0.1, 0.15) is 59.3 Å². The van der Waals surface area contributed by atoms with Crippen LogP contribution in [0.25, 0.3) is 22.3 Å². The molecule has 10 atom stereocenters. The van der Waals surface area contributed by atoms with Crippen LogP contribution in [-0.2, 0) is 53.4 Å². The molecule has 0 aromatic carbocycles. The topological polar surface area (TPSA) is 224 Å². The first-order chi connectivity index (χ1) is 22.0.